The highest BCUT2D eigenvalue weighted by Crippen LogP contribution is 2.12. The van der Waals surface area contributed by atoms with Crippen molar-refractivity contribution in [3.8, 4) is 0 Å². The van der Waals surface area contributed by atoms with Gasteiger partial charge in [0.1, 0.15) is 5.76 Å². The van der Waals surface area contributed by atoms with Crippen molar-refractivity contribution in [1.82, 2.24) is 16.0 Å². The Morgan fingerprint density at radius 1 is 1.04 bits per heavy atom. The lowest BCUT2D eigenvalue weighted by Crippen LogP contribution is -2.41. The van der Waals surface area contributed by atoms with E-state index in [4.69, 9.17) is 4.42 Å². The van der Waals surface area contributed by atoms with Crippen LogP contribution in [0.2, 0.25) is 0 Å². The van der Waals surface area contributed by atoms with Crippen LogP contribution in [0.3, 0.4) is 0 Å². The molecule has 0 aliphatic heterocycles. The number of urea groups is 1. The number of hydrogen-bond acceptors (Lipinski definition) is 4. The number of benzene rings is 1. The standard InChI is InChI=1S/C17H22N4O3/c1-21(2)14-6-3-5-13(9-14)10-18-16(22)12-20-17(23)19-11-15-7-4-8-24-15/h3-9H,10-12H2,1-2H3,(H,18,22)(H2,19,20,23). The summed E-state index contributed by atoms with van der Waals surface area (Å²) in [5, 5.41) is 7.88. The number of rotatable bonds is 7. The molecule has 0 bridgehead atoms. The smallest absolute Gasteiger partial charge is 0.315 e. The SMILES string of the molecule is CN(C)c1cccc(CNC(=O)CNC(=O)NCc2ccco2)c1. The van der Waals surface area contributed by atoms with Crippen LogP contribution in [0.15, 0.2) is 47.1 Å². The van der Waals surface area contributed by atoms with Crippen molar-refractivity contribution < 1.29 is 14.0 Å². The van der Waals surface area contributed by atoms with E-state index >= 15 is 0 Å². The summed E-state index contributed by atoms with van der Waals surface area (Å²) >= 11 is 0. The van der Waals surface area contributed by atoms with Crippen LogP contribution in [0, 0.1) is 0 Å². The van der Waals surface area contributed by atoms with Gasteiger partial charge in [0.15, 0.2) is 0 Å². The molecular weight excluding hydrogens is 308 g/mol. The molecule has 0 atom stereocenters. The van der Waals surface area contributed by atoms with E-state index in [1.807, 2.05) is 43.3 Å². The van der Waals surface area contributed by atoms with Crippen molar-refractivity contribution in [3.05, 3.63) is 54.0 Å². The van der Waals surface area contributed by atoms with E-state index in [-0.39, 0.29) is 19.0 Å². The molecule has 0 unspecified atom stereocenters. The summed E-state index contributed by atoms with van der Waals surface area (Å²) in [6.07, 6.45) is 1.54. The Bertz CT molecular complexity index is 668. The first-order valence-corrected chi connectivity index (χ1v) is 7.61. The van der Waals surface area contributed by atoms with E-state index < -0.39 is 6.03 Å². The summed E-state index contributed by atoms with van der Waals surface area (Å²) in [6, 6.07) is 11.0. The van der Waals surface area contributed by atoms with Crippen LogP contribution in [0.1, 0.15) is 11.3 Å². The fourth-order valence-corrected chi connectivity index (χ4v) is 2.01. The lowest BCUT2D eigenvalue weighted by molar-refractivity contribution is -0.120. The molecule has 0 saturated carbocycles. The molecule has 3 N–H and O–H groups in total. The van der Waals surface area contributed by atoms with Crippen molar-refractivity contribution in [1.29, 1.82) is 0 Å². The van der Waals surface area contributed by atoms with Crippen molar-refractivity contribution in [3.63, 3.8) is 0 Å². The maximum Gasteiger partial charge on any atom is 0.315 e. The highest BCUT2D eigenvalue weighted by Gasteiger charge is 2.06. The second-order valence-corrected chi connectivity index (χ2v) is 5.46. The molecule has 7 heteroatoms. The van der Waals surface area contributed by atoms with Crippen LogP contribution < -0.4 is 20.9 Å². The van der Waals surface area contributed by atoms with Gasteiger partial charge in [0.25, 0.3) is 0 Å². The quantitative estimate of drug-likeness (QED) is 0.717. The van der Waals surface area contributed by atoms with Gasteiger partial charge in [-0.2, -0.15) is 0 Å². The molecular formula is C17H22N4O3. The maximum absolute atomic E-state index is 11.8. The third kappa shape index (κ3) is 5.68. The summed E-state index contributed by atoms with van der Waals surface area (Å²) in [5.41, 5.74) is 2.06. The van der Waals surface area contributed by atoms with Gasteiger partial charge >= 0.3 is 6.03 Å². The average molecular weight is 330 g/mol. The fourth-order valence-electron chi connectivity index (χ4n) is 2.01. The summed E-state index contributed by atoms with van der Waals surface area (Å²) in [6.45, 7) is 0.603. The number of nitrogens with one attached hydrogen (secondary N) is 3. The number of amides is 3. The fraction of sp³-hybridized carbons (Fsp3) is 0.294. The van der Waals surface area contributed by atoms with E-state index in [1.165, 1.54) is 6.26 Å². The van der Waals surface area contributed by atoms with E-state index in [2.05, 4.69) is 16.0 Å². The Morgan fingerprint density at radius 3 is 2.58 bits per heavy atom. The number of anilines is 1. The van der Waals surface area contributed by atoms with Gasteiger partial charge in [0.2, 0.25) is 5.91 Å². The Balaban J connectivity index is 1.67. The molecule has 0 aliphatic rings. The van der Waals surface area contributed by atoms with Gasteiger partial charge in [0.05, 0.1) is 19.4 Å². The number of carbonyl (C=O) groups excluding carboxylic acids is 2. The second-order valence-electron chi connectivity index (χ2n) is 5.46. The molecule has 1 heterocycles. The summed E-state index contributed by atoms with van der Waals surface area (Å²) < 4.78 is 5.10. The molecule has 1 aromatic carbocycles. The third-order valence-electron chi connectivity index (χ3n) is 3.33. The molecule has 0 aliphatic carbocycles. The van der Waals surface area contributed by atoms with Gasteiger partial charge in [-0.05, 0) is 29.8 Å². The molecule has 7 nitrogen and oxygen atoms in total. The summed E-state index contributed by atoms with van der Waals surface area (Å²) in [5.74, 6) is 0.397. The molecule has 3 amide bonds. The molecule has 1 aromatic heterocycles. The van der Waals surface area contributed by atoms with Crippen LogP contribution in [0.5, 0.6) is 0 Å². The molecule has 2 rings (SSSR count). The zero-order chi connectivity index (χ0) is 17.4. The lowest BCUT2D eigenvalue weighted by atomic mass is 10.2. The van der Waals surface area contributed by atoms with Crippen LogP contribution in [0.25, 0.3) is 0 Å². The van der Waals surface area contributed by atoms with Gasteiger partial charge in [-0.3, -0.25) is 4.79 Å². The first-order chi connectivity index (χ1) is 11.5. The van der Waals surface area contributed by atoms with Crippen molar-refractivity contribution >= 4 is 17.6 Å². The van der Waals surface area contributed by atoms with Crippen LogP contribution >= 0.6 is 0 Å². The van der Waals surface area contributed by atoms with Gasteiger partial charge < -0.3 is 25.3 Å². The normalized spacial score (nSPS) is 10.1. The van der Waals surface area contributed by atoms with Crippen molar-refractivity contribution in [2.75, 3.05) is 25.5 Å². The predicted molar refractivity (Wildman–Crippen MR) is 91.6 cm³/mol. The number of furan rings is 1. The molecule has 0 saturated heterocycles. The number of nitrogens with zero attached hydrogens (tertiary/aromatic N) is 1. The zero-order valence-corrected chi connectivity index (χ0v) is 13.8. The zero-order valence-electron chi connectivity index (χ0n) is 13.8. The molecule has 2 aromatic rings. The Morgan fingerprint density at radius 2 is 1.88 bits per heavy atom. The average Bonchev–Trinajstić information content (AvgIpc) is 3.10. The van der Waals surface area contributed by atoms with Gasteiger partial charge in [-0.15, -0.1) is 0 Å². The van der Waals surface area contributed by atoms with Crippen LogP contribution in [-0.4, -0.2) is 32.6 Å². The highest BCUT2D eigenvalue weighted by atomic mass is 16.3. The third-order valence-corrected chi connectivity index (χ3v) is 3.33. The van der Waals surface area contributed by atoms with E-state index in [0.717, 1.165) is 11.3 Å². The van der Waals surface area contributed by atoms with Gasteiger partial charge in [-0.25, -0.2) is 4.79 Å². The van der Waals surface area contributed by atoms with E-state index in [0.29, 0.717) is 12.3 Å². The van der Waals surface area contributed by atoms with Crippen LogP contribution in [-0.2, 0) is 17.9 Å². The Hall–Kier alpha value is -2.96. The molecule has 0 spiro atoms. The minimum Gasteiger partial charge on any atom is -0.467 e. The first-order valence-electron chi connectivity index (χ1n) is 7.61. The van der Waals surface area contributed by atoms with Crippen LogP contribution in [0.4, 0.5) is 10.5 Å². The molecule has 128 valence electrons. The number of hydrogen-bond donors (Lipinski definition) is 3. The highest BCUT2D eigenvalue weighted by molar-refractivity contribution is 5.83. The number of carbonyl (C=O) groups is 2. The lowest BCUT2D eigenvalue weighted by Gasteiger charge is -2.14. The largest absolute Gasteiger partial charge is 0.467 e. The molecule has 0 radical (unpaired) electrons. The topological polar surface area (TPSA) is 86.6 Å². The van der Waals surface area contributed by atoms with E-state index in [9.17, 15) is 9.59 Å². The van der Waals surface area contributed by atoms with Crippen molar-refractivity contribution in [2.45, 2.75) is 13.1 Å². The summed E-state index contributed by atoms with van der Waals surface area (Å²) in [4.78, 5) is 25.4. The van der Waals surface area contributed by atoms with Gasteiger partial charge in [0, 0.05) is 26.3 Å². The van der Waals surface area contributed by atoms with Gasteiger partial charge in [-0.1, -0.05) is 12.1 Å². The maximum atomic E-state index is 11.8. The Labute approximate surface area is 141 Å². The Kier molecular flexibility index (Phi) is 6.24. The first kappa shape index (κ1) is 17.4. The molecule has 0 fully saturated rings. The predicted octanol–water partition coefficient (Wildman–Crippen LogP) is 1.46. The molecule has 24 heavy (non-hydrogen) atoms. The minimum absolute atomic E-state index is 0.0860. The monoisotopic (exact) mass is 330 g/mol. The van der Waals surface area contributed by atoms with Crippen molar-refractivity contribution in [2.24, 2.45) is 0 Å². The second kappa shape index (κ2) is 8.61. The van der Waals surface area contributed by atoms with E-state index in [1.54, 1.807) is 12.1 Å². The minimum atomic E-state index is -0.420. The summed E-state index contributed by atoms with van der Waals surface area (Å²) in [7, 11) is 3.92.